The Morgan fingerprint density at radius 3 is 1.93 bits per heavy atom. The van der Waals surface area contributed by atoms with Gasteiger partial charge >= 0.3 is 81.2 Å². The maximum atomic E-state index is 2.55. The molecule has 0 aromatic carbocycles. The Morgan fingerprint density at radius 1 is 1.07 bits per heavy atom. The Morgan fingerprint density at radius 2 is 1.60 bits per heavy atom. The van der Waals surface area contributed by atoms with E-state index in [1.165, 1.54) is 17.0 Å². The Bertz CT molecular complexity index is 266. The van der Waals surface area contributed by atoms with Crippen LogP contribution in [0.4, 0.5) is 0 Å². The molecule has 0 atom stereocenters. The van der Waals surface area contributed by atoms with Crippen LogP contribution in [0.2, 0.25) is 27.3 Å². The van der Waals surface area contributed by atoms with E-state index >= 15 is 0 Å². The molecule has 0 aromatic rings. The van der Waals surface area contributed by atoms with Gasteiger partial charge in [0, 0.05) is 0 Å². The van der Waals surface area contributed by atoms with Gasteiger partial charge in [-0.25, -0.2) is 0 Å². The molecule has 0 radical (unpaired) electrons. The van der Waals surface area contributed by atoms with E-state index in [9.17, 15) is 0 Å². The standard InChI is InChI=1S/C7H9.5CH3.2ClH.Zr/c1-2-7-5-3-4-6-7;;;;;;;;/h3-5H,1-2,6H2;5*1H3;2*1H;. The first-order valence-corrected chi connectivity index (χ1v) is 19.5. The van der Waals surface area contributed by atoms with Crippen LogP contribution < -0.4 is 0 Å². The molecule has 0 N–H and O–H groups in total. The van der Waals surface area contributed by atoms with Crippen LogP contribution >= 0.6 is 24.8 Å². The summed E-state index contributed by atoms with van der Waals surface area (Å²) in [4.78, 5) is 0. The van der Waals surface area contributed by atoms with Crippen molar-refractivity contribution in [1.82, 2.24) is 0 Å². The molecule has 0 heterocycles. The third kappa shape index (κ3) is 9.85. The molecule has 0 aromatic heterocycles. The molecule has 15 heavy (non-hydrogen) atoms. The molecular formula is C12H26Cl2Zr. The SMILES string of the molecule is Cl.Cl.[CH3][Zr]([CH3])([CH3])([CH3])([CH3])[CH2]CC1=CC=CC1. The molecule has 0 unspecified atom stereocenters. The third-order valence-electron chi connectivity index (χ3n) is 2.54. The minimum absolute atomic E-state index is 0. The summed E-state index contributed by atoms with van der Waals surface area (Å²) in [5, 5.41) is 0. The van der Waals surface area contributed by atoms with Crippen molar-refractivity contribution in [3.63, 3.8) is 0 Å². The molecule has 0 saturated carbocycles. The average molecular weight is 332 g/mol. The molecule has 0 spiro atoms. The molecule has 0 fully saturated rings. The van der Waals surface area contributed by atoms with Gasteiger partial charge in [-0.15, -0.1) is 24.8 Å². The van der Waals surface area contributed by atoms with E-state index in [2.05, 4.69) is 41.4 Å². The molecule has 1 aliphatic carbocycles. The molecule has 0 aliphatic heterocycles. The minimum atomic E-state index is -2.63. The van der Waals surface area contributed by atoms with Crippen LogP contribution in [0.5, 0.6) is 0 Å². The van der Waals surface area contributed by atoms with Crippen LogP contribution in [0.3, 0.4) is 0 Å². The van der Waals surface area contributed by atoms with Crippen LogP contribution in [0.25, 0.3) is 0 Å². The van der Waals surface area contributed by atoms with Crippen molar-refractivity contribution in [3.05, 3.63) is 23.8 Å². The van der Waals surface area contributed by atoms with Crippen molar-refractivity contribution in [2.24, 2.45) is 0 Å². The molecule has 1 rings (SSSR count). The van der Waals surface area contributed by atoms with Gasteiger partial charge in [-0.2, -0.15) is 0 Å². The average Bonchev–Trinajstić information content (AvgIpc) is 2.29. The quantitative estimate of drug-likeness (QED) is 0.595. The number of hydrogen-bond donors (Lipinski definition) is 0. The van der Waals surface area contributed by atoms with Crippen molar-refractivity contribution < 1.29 is 17.3 Å². The fourth-order valence-corrected chi connectivity index (χ4v) is 5.32. The summed E-state index contributed by atoms with van der Waals surface area (Å²) in [5.41, 5.74) is 1.63. The van der Waals surface area contributed by atoms with Crippen LogP contribution in [0.1, 0.15) is 12.8 Å². The van der Waals surface area contributed by atoms with E-state index < -0.39 is 17.3 Å². The van der Waals surface area contributed by atoms with E-state index in [0.717, 1.165) is 0 Å². The molecule has 1 aliphatic rings. The van der Waals surface area contributed by atoms with Crippen molar-refractivity contribution >= 4 is 24.8 Å². The first kappa shape index (κ1) is 18.3. The van der Waals surface area contributed by atoms with Gasteiger partial charge < -0.3 is 0 Å². The van der Waals surface area contributed by atoms with Gasteiger partial charge in [0.25, 0.3) is 0 Å². The summed E-state index contributed by atoms with van der Waals surface area (Å²) in [5.74, 6) is 0. The summed E-state index contributed by atoms with van der Waals surface area (Å²) < 4.78 is 14.2. The summed E-state index contributed by atoms with van der Waals surface area (Å²) in [6.07, 6.45) is 9.27. The van der Waals surface area contributed by atoms with Crippen molar-refractivity contribution in [2.75, 3.05) is 0 Å². The van der Waals surface area contributed by atoms with Crippen LogP contribution in [-0.4, -0.2) is 0 Å². The van der Waals surface area contributed by atoms with E-state index in [-0.39, 0.29) is 24.8 Å². The van der Waals surface area contributed by atoms with Crippen LogP contribution in [-0.2, 0) is 17.3 Å². The third-order valence-corrected chi connectivity index (χ3v) is 9.30. The zero-order valence-electron chi connectivity index (χ0n) is 10.7. The Balaban J connectivity index is 0. The zero-order chi connectivity index (χ0) is 10.2. The second kappa shape index (κ2) is 4.67. The van der Waals surface area contributed by atoms with Crippen molar-refractivity contribution in [1.29, 1.82) is 0 Å². The van der Waals surface area contributed by atoms with E-state index in [0.29, 0.717) is 0 Å². The Labute approximate surface area is 105 Å². The number of halogens is 2. The molecule has 0 saturated heterocycles. The summed E-state index contributed by atoms with van der Waals surface area (Å²) in [6, 6.07) is 0. The summed E-state index contributed by atoms with van der Waals surface area (Å²) >= 11 is -2.63. The second-order valence-electron chi connectivity index (χ2n) is 8.72. The van der Waals surface area contributed by atoms with E-state index in [1.54, 1.807) is 5.57 Å². The topological polar surface area (TPSA) is 0 Å². The normalized spacial score (nSPS) is 19.4. The van der Waals surface area contributed by atoms with E-state index in [4.69, 9.17) is 0 Å². The summed E-state index contributed by atoms with van der Waals surface area (Å²) in [7, 11) is 0. The number of rotatable bonds is 3. The fraction of sp³-hybridized carbons (Fsp3) is 0.667. The van der Waals surface area contributed by atoms with Crippen molar-refractivity contribution in [3.8, 4) is 0 Å². The van der Waals surface area contributed by atoms with Crippen LogP contribution in [0.15, 0.2) is 23.8 Å². The first-order chi connectivity index (χ1) is 5.55. The van der Waals surface area contributed by atoms with Gasteiger partial charge in [0.05, 0.1) is 0 Å². The molecule has 0 amide bonds. The predicted octanol–water partition coefficient (Wildman–Crippen LogP) is 5.99. The molecule has 0 nitrogen and oxygen atoms in total. The van der Waals surface area contributed by atoms with E-state index in [1.807, 2.05) is 0 Å². The molecule has 92 valence electrons. The van der Waals surface area contributed by atoms with Gasteiger partial charge in [-0.1, -0.05) is 0 Å². The number of hydrogen-bond acceptors (Lipinski definition) is 0. The Kier molecular flexibility index (Phi) is 5.70. The first-order valence-electron chi connectivity index (χ1n) is 5.42. The summed E-state index contributed by atoms with van der Waals surface area (Å²) in [6.45, 7) is 0. The second-order valence-corrected chi connectivity index (χ2v) is 43.2. The van der Waals surface area contributed by atoms with Gasteiger partial charge in [0.15, 0.2) is 0 Å². The monoisotopic (exact) mass is 330 g/mol. The maximum absolute atomic E-state index is 2.63. The van der Waals surface area contributed by atoms with Gasteiger partial charge in [0.2, 0.25) is 0 Å². The van der Waals surface area contributed by atoms with Gasteiger partial charge in [0.1, 0.15) is 0 Å². The van der Waals surface area contributed by atoms with Crippen molar-refractivity contribution in [2.45, 2.75) is 40.1 Å². The van der Waals surface area contributed by atoms with Gasteiger partial charge in [-0.05, 0) is 0 Å². The predicted molar refractivity (Wildman–Crippen MR) is 75.1 cm³/mol. The fourth-order valence-electron chi connectivity index (χ4n) is 1.46. The van der Waals surface area contributed by atoms with Crippen LogP contribution in [0, 0.1) is 0 Å². The Hall–Kier alpha value is 0.943. The molecule has 0 bridgehead atoms. The van der Waals surface area contributed by atoms with Gasteiger partial charge in [-0.3, -0.25) is 0 Å². The number of allylic oxidation sites excluding steroid dienone is 4. The molecular weight excluding hydrogens is 306 g/mol. The zero-order valence-corrected chi connectivity index (χ0v) is 14.8. The molecule has 3 heteroatoms.